The van der Waals surface area contributed by atoms with Crippen LogP contribution in [0, 0.1) is 5.82 Å². The summed E-state index contributed by atoms with van der Waals surface area (Å²) in [6.07, 6.45) is 0.665. The number of halogens is 2. The molecule has 0 bridgehead atoms. The predicted octanol–water partition coefficient (Wildman–Crippen LogP) is 1.95. The largest absolute Gasteiger partial charge is 0.505 e. The van der Waals surface area contributed by atoms with Crippen molar-refractivity contribution in [3.05, 3.63) is 23.5 Å². The minimum Gasteiger partial charge on any atom is -0.505 e. The summed E-state index contributed by atoms with van der Waals surface area (Å²) in [4.78, 5) is 0. The average molecular weight is 221 g/mol. The second-order valence-electron chi connectivity index (χ2n) is 2.91. The van der Waals surface area contributed by atoms with Gasteiger partial charge >= 0.3 is 0 Å². The van der Waals surface area contributed by atoms with E-state index < -0.39 is 5.82 Å². The Morgan fingerprint density at radius 3 is 2.57 bits per heavy atom. The molecule has 1 aromatic carbocycles. The number of rotatable bonds is 2. The normalized spacial score (nSPS) is 11.9. The Hall–Kier alpha value is -1.00. The first-order valence-corrected chi connectivity index (χ1v) is 4.10. The van der Waals surface area contributed by atoms with Crippen LogP contribution in [-0.4, -0.2) is 5.11 Å². The molecule has 0 aliphatic carbocycles. The van der Waals surface area contributed by atoms with E-state index in [0.717, 1.165) is 0 Å². The molecule has 0 amide bonds. The number of hydrogen-bond donors (Lipinski definition) is 3. The molecule has 5 N–H and O–H groups in total. The second-order valence-corrected chi connectivity index (χ2v) is 2.91. The molecule has 3 nitrogen and oxygen atoms in total. The van der Waals surface area contributed by atoms with Gasteiger partial charge in [-0.3, -0.25) is 0 Å². The van der Waals surface area contributed by atoms with Gasteiger partial charge in [-0.1, -0.05) is 13.0 Å². The number of nitrogen functional groups attached to an aromatic ring is 1. The SMILES string of the molecule is CC[C@@H](N)c1ccc(F)c(N)c1O.Cl. The van der Waals surface area contributed by atoms with E-state index in [1.807, 2.05) is 6.92 Å². The lowest BCUT2D eigenvalue weighted by Crippen LogP contribution is -2.10. The van der Waals surface area contributed by atoms with Crippen LogP contribution in [0.3, 0.4) is 0 Å². The quantitative estimate of drug-likeness (QED) is 0.527. The first-order chi connectivity index (χ1) is 6.07. The van der Waals surface area contributed by atoms with Crippen LogP contribution in [0.2, 0.25) is 0 Å². The molecule has 80 valence electrons. The van der Waals surface area contributed by atoms with Crippen molar-refractivity contribution in [2.45, 2.75) is 19.4 Å². The lowest BCUT2D eigenvalue weighted by molar-refractivity contribution is 0.458. The number of benzene rings is 1. The van der Waals surface area contributed by atoms with Crippen molar-refractivity contribution in [3.63, 3.8) is 0 Å². The summed E-state index contributed by atoms with van der Waals surface area (Å²) in [6, 6.07) is 2.36. The van der Waals surface area contributed by atoms with Crippen molar-refractivity contribution in [1.82, 2.24) is 0 Å². The molecule has 0 aromatic heterocycles. The predicted molar refractivity (Wildman–Crippen MR) is 56.9 cm³/mol. The van der Waals surface area contributed by atoms with Crippen LogP contribution < -0.4 is 11.5 Å². The highest BCUT2D eigenvalue weighted by Gasteiger charge is 2.13. The third-order valence-electron chi connectivity index (χ3n) is 2.03. The maximum absolute atomic E-state index is 12.8. The van der Waals surface area contributed by atoms with Crippen LogP contribution in [-0.2, 0) is 0 Å². The maximum atomic E-state index is 12.8. The highest BCUT2D eigenvalue weighted by atomic mass is 35.5. The average Bonchev–Trinajstić information content (AvgIpc) is 2.13. The zero-order chi connectivity index (χ0) is 10.0. The van der Waals surface area contributed by atoms with Crippen LogP contribution in [0.25, 0.3) is 0 Å². The van der Waals surface area contributed by atoms with Gasteiger partial charge in [-0.05, 0) is 12.5 Å². The molecule has 0 saturated carbocycles. The Morgan fingerprint density at radius 2 is 2.07 bits per heavy atom. The molecule has 1 atom stereocenters. The first kappa shape index (κ1) is 13.0. The van der Waals surface area contributed by atoms with Gasteiger partial charge in [-0.2, -0.15) is 0 Å². The van der Waals surface area contributed by atoms with Crippen molar-refractivity contribution < 1.29 is 9.50 Å². The maximum Gasteiger partial charge on any atom is 0.149 e. The molecule has 5 heteroatoms. The summed E-state index contributed by atoms with van der Waals surface area (Å²) in [5.41, 5.74) is 11.2. The Bertz CT molecular complexity index is 320. The molecule has 1 aromatic rings. The van der Waals surface area contributed by atoms with E-state index in [9.17, 15) is 9.50 Å². The zero-order valence-corrected chi connectivity index (χ0v) is 8.64. The van der Waals surface area contributed by atoms with Crippen molar-refractivity contribution in [3.8, 4) is 5.75 Å². The minimum absolute atomic E-state index is 0. The molecule has 14 heavy (non-hydrogen) atoms. The lowest BCUT2D eigenvalue weighted by Gasteiger charge is -2.12. The van der Waals surface area contributed by atoms with Gasteiger partial charge in [-0.15, -0.1) is 12.4 Å². The molecule has 0 heterocycles. The standard InChI is InChI=1S/C9H13FN2O.ClH/c1-2-7(11)5-3-4-6(10)8(12)9(5)13;/h3-4,7,13H,2,11-12H2,1H3;1H/t7-;/m1./s1. The van der Waals surface area contributed by atoms with Gasteiger partial charge < -0.3 is 16.6 Å². The first-order valence-electron chi connectivity index (χ1n) is 4.10. The van der Waals surface area contributed by atoms with Crippen molar-refractivity contribution in [2.24, 2.45) is 5.73 Å². The number of nitrogens with two attached hydrogens (primary N) is 2. The van der Waals surface area contributed by atoms with Crippen molar-refractivity contribution in [1.29, 1.82) is 0 Å². The molecule has 1 rings (SSSR count). The molecule has 0 aliphatic rings. The van der Waals surface area contributed by atoms with Gasteiger partial charge in [0.25, 0.3) is 0 Å². The molecule has 0 spiro atoms. The number of hydrogen-bond acceptors (Lipinski definition) is 3. The molecular formula is C9H14ClFN2O. The third-order valence-corrected chi connectivity index (χ3v) is 2.03. The van der Waals surface area contributed by atoms with E-state index in [1.165, 1.54) is 12.1 Å². The summed E-state index contributed by atoms with van der Waals surface area (Å²) >= 11 is 0. The van der Waals surface area contributed by atoms with E-state index in [4.69, 9.17) is 11.5 Å². The summed E-state index contributed by atoms with van der Waals surface area (Å²) < 4.78 is 12.8. The number of aromatic hydroxyl groups is 1. The molecule has 0 saturated heterocycles. The smallest absolute Gasteiger partial charge is 0.149 e. The zero-order valence-electron chi connectivity index (χ0n) is 7.83. The van der Waals surface area contributed by atoms with Gasteiger partial charge in [0, 0.05) is 11.6 Å². The Labute approximate surface area is 88.3 Å². The third kappa shape index (κ3) is 2.27. The number of anilines is 1. The molecule has 0 unspecified atom stereocenters. The summed E-state index contributed by atoms with van der Waals surface area (Å²) in [7, 11) is 0. The highest BCUT2D eigenvalue weighted by Crippen LogP contribution is 2.31. The summed E-state index contributed by atoms with van der Waals surface area (Å²) in [5, 5.41) is 9.43. The van der Waals surface area contributed by atoms with Crippen molar-refractivity contribution >= 4 is 18.1 Å². The molecule has 0 aliphatic heterocycles. The van der Waals surface area contributed by atoms with Gasteiger partial charge in [0.2, 0.25) is 0 Å². The van der Waals surface area contributed by atoms with Crippen LogP contribution in [0.15, 0.2) is 12.1 Å². The van der Waals surface area contributed by atoms with Crippen LogP contribution >= 0.6 is 12.4 Å². The van der Waals surface area contributed by atoms with Gasteiger partial charge in [0.15, 0.2) is 0 Å². The second kappa shape index (κ2) is 5.02. The van der Waals surface area contributed by atoms with E-state index in [1.54, 1.807) is 0 Å². The highest BCUT2D eigenvalue weighted by molar-refractivity contribution is 5.85. The Morgan fingerprint density at radius 1 is 1.50 bits per heavy atom. The monoisotopic (exact) mass is 220 g/mol. The molecule has 0 radical (unpaired) electrons. The summed E-state index contributed by atoms with van der Waals surface area (Å²) in [6.45, 7) is 1.88. The topological polar surface area (TPSA) is 72.3 Å². The lowest BCUT2D eigenvalue weighted by atomic mass is 10.0. The van der Waals surface area contributed by atoms with Crippen LogP contribution in [0.5, 0.6) is 5.75 Å². The number of phenols is 1. The fourth-order valence-electron chi connectivity index (χ4n) is 1.12. The minimum atomic E-state index is -0.621. The van der Waals surface area contributed by atoms with E-state index >= 15 is 0 Å². The molecular weight excluding hydrogens is 207 g/mol. The fourth-order valence-corrected chi connectivity index (χ4v) is 1.12. The van der Waals surface area contributed by atoms with Crippen molar-refractivity contribution in [2.75, 3.05) is 5.73 Å². The summed E-state index contributed by atoms with van der Waals surface area (Å²) in [5.74, 6) is -0.862. The van der Waals surface area contributed by atoms with Gasteiger partial charge in [-0.25, -0.2) is 4.39 Å². The van der Waals surface area contributed by atoms with E-state index in [0.29, 0.717) is 12.0 Å². The Balaban J connectivity index is 0.00000169. The molecule has 0 fully saturated rings. The van der Waals surface area contributed by atoms with E-state index in [2.05, 4.69) is 0 Å². The van der Waals surface area contributed by atoms with Gasteiger partial charge in [0.1, 0.15) is 17.3 Å². The fraction of sp³-hybridized carbons (Fsp3) is 0.333. The van der Waals surface area contributed by atoms with Crippen LogP contribution in [0.4, 0.5) is 10.1 Å². The van der Waals surface area contributed by atoms with Gasteiger partial charge in [0.05, 0.1) is 0 Å². The number of phenolic OH excluding ortho intramolecular Hbond substituents is 1. The van der Waals surface area contributed by atoms with E-state index in [-0.39, 0.29) is 29.9 Å². The Kier molecular flexibility index (Phi) is 4.67. The van der Waals surface area contributed by atoms with Crippen LogP contribution in [0.1, 0.15) is 24.9 Å².